The molecule has 1 fully saturated rings. The molecule has 3 heteroatoms. The van der Waals surface area contributed by atoms with Crippen LogP contribution in [0.4, 0.5) is 5.69 Å². The summed E-state index contributed by atoms with van der Waals surface area (Å²) in [5.41, 5.74) is 1.05. The molecule has 0 aliphatic heterocycles. The fourth-order valence-corrected chi connectivity index (χ4v) is 2.73. The monoisotopic (exact) mass is 256 g/mol. The highest BCUT2D eigenvalue weighted by Crippen LogP contribution is 2.24. The molecule has 0 saturated heterocycles. The lowest BCUT2D eigenvalue weighted by Gasteiger charge is -2.31. The summed E-state index contributed by atoms with van der Waals surface area (Å²) < 4.78 is 0. The third-order valence-electron chi connectivity index (χ3n) is 3.70. The Morgan fingerprint density at radius 1 is 1.21 bits per heavy atom. The summed E-state index contributed by atoms with van der Waals surface area (Å²) in [4.78, 5) is 14.4. The first-order valence-electron chi connectivity index (χ1n) is 7.04. The summed E-state index contributed by atoms with van der Waals surface area (Å²) in [6.07, 6.45) is 5.31. The molecule has 0 heterocycles. The van der Waals surface area contributed by atoms with E-state index in [0.717, 1.165) is 31.4 Å². The molecule has 1 unspecified atom stereocenters. The zero-order valence-corrected chi connectivity index (χ0v) is 11.2. The molecule has 1 aliphatic rings. The van der Waals surface area contributed by atoms with Gasteiger partial charge in [0.05, 0.1) is 18.5 Å². The number of Topliss-reactive ketones (excluding diaryl/α,β-unsaturated/α-hetero) is 1. The molecule has 3 nitrogen and oxygen atoms in total. The Morgan fingerprint density at radius 3 is 2.74 bits per heavy atom. The number of carbonyl (C=O) groups is 1. The van der Waals surface area contributed by atoms with E-state index in [1.165, 1.54) is 0 Å². The largest absolute Gasteiger partial charge is 0.360 e. The lowest BCUT2D eigenvalue weighted by molar-refractivity contribution is -0.120. The van der Waals surface area contributed by atoms with Gasteiger partial charge >= 0.3 is 0 Å². The van der Waals surface area contributed by atoms with E-state index in [0.29, 0.717) is 25.2 Å². The predicted molar refractivity (Wildman–Crippen MR) is 75.9 cm³/mol. The molecule has 0 aromatic heterocycles. The minimum atomic E-state index is -0.0433. The van der Waals surface area contributed by atoms with Gasteiger partial charge in [0.25, 0.3) is 0 Å². The van der Waals surface area contributed by atoms with Crippen molar-refractivity contribution in [1.29, 1.82) is 5.26 Å². The van der Waals surface area contributed by atoms with Crippen molar-refractivity contribution in [1.82, 2.24) is 0 Å². The van der Waals surface area contributed by atoms with E-state index in [2.05, 4.69) is 11.0 Å². The molecule has 1 aromatic rings. The maximum atomic E-state index is 12.3. The predicted octanol–water partition coefficient (Wildman–Crippen LogP) is 3.31. The third-order valence-corrected chi connectivity index (χ3v) is 3.70. The molecule has 0 amide bonds. The van der Waals surface area contributed by atoms with E-state index < -0.39 is 0 Å². The number of carbonyl (C=O) groups excluding carboxylic acids is 1. The molecule has 1 atom stereocenters. The van der Waals surface area contributed by atoms with Gasteiger partial charge in [0.15, 0.2) is 5.78 Å². The van der Waals surface area contributed by atoms with Crippen molar-refractivity contribution in [2.24, 2.45) is 0 Å². The lowest BCUT2D eigenvalue weighted by atomic mass is 10.0. The second-order valence-electron chi connectivity index (χ2n) is 5.02. The average molecular weight is 256 g/mol. The van der Waals surface area contributed by atoms with Gasteiger partial charge in [-0.05, 0) is 25.0 Å². The van der Waals surface area contributed by atoms with E-state index in [9.17, 15) is 4.79 Å². The Balaban J connectivity index is 2.21. The molecule has 0 bridgehead atoms. The summed E-state index contributed by atoms with van der Waals surface area (Å²) >= 11 is 0. The van der Waals surface area contributed by atoms with E-state index in [1.807, 2.05) is 30.3 Å². The van der Waals surface area contributed by atoms with Gasteiger partial charge in [-0.25, -0.2) is 0 Å². The molecule has 19 heavy (non-hydrogen) atoms. The van der Waals surface area contributed by atoms with Crippen molar-refractivity contribution in [3.05, 3.63) is 30.3 Å². The van der Waals surface area contributed by atoms with E-state index >= 15 is 0 Å². The van der Waals surface area contributed by atoms with Gasteiger partial charge in [-0.15, -0.1) is 0 Å². The summed E-state index contributed by atoms with van der Waals surface area (Å²) in [7, 11) is 0. The smallest absolute Gasteiger partial charge is 0.155 e. The van der Waals surface area contributed by atoms with Crippen LogP contribution < -0.4 is 4.90 Å². The van der Waals surface area contributed by atoms with Crippen molar-refractivity contribution >= 4 is 11.5 Å². The summed E-state index contributed by atoms with van der Waals surface area (Å²) in [6, 6.07) is 12.1. The summed E-state index contributed by atoms with van der Waals surface area (Å²) in [5, 5.41) is 8.82. The van der Waals surface area contributed by atoms with E-state index in [1.54, 1.807) is 0 Å². The average Bonchev–Trinajstić information content (AvgIpc) is 2.66. The zero-order chi connectivity index (χ0) is 13.5. The van der Waals surface area contributed by atoms with Crippen LogP contribution in [-0.2, 0) is 4.79 Å². The van der Waals surface area contributed by atoms with E-state index in [4.69, 9.17) is 5.26 Å². The molecule has 2 rings (SSSR count). The highest BCUT2D eigenvalue weighted by molar-refractivity contribution is 5.87. The van der Waals surface area contributed by atoms with Gasteiger partial charge in [0, 0.05) is 18.7 Å². The first-order valence-corrected chi connectivity index (χ1v) is 7.04. The highest BCUT2D eigenvalue weighted by Gasteiger charge is 2.26. The first-order chi connectivity index (χ1) is 9.33. The van der Waals surface area contributed by atoms with Crippen LogP contribution in [0.5, 0.6) is 0 Å². The molecular formula is C16H20N2O. The van der Waals surface area contributed by atoms with Gasteiger partial charge in [0.1, 0.15) is 0 Å². The van der Waals surface area contributed by atoms with Crippen LogP contribution in [0.1, 0.15) is 38.5 Å². The molecule has 1 aliphatic carbocycles. The van der Waals surface area contributed by atoms with Gasteiger partial charge in [0.2, 0.25) is 0 Å². The van der Waals surface area contributed by atoms with Crippen molar-refractivity contribution in [3.63, 3.8) is 0 Å². The second kappa shape index (κ2) is 6.94. The molecule has 0 spiro atoms. The van der Waals surface area contributed by atoms with Crippen LogP contribution in [0.25, 0.3) is 0 Å². The van der Waals surface area contributed by atoms with Gasteiger partial charge in [-0.3, -0.25) is 4.79 Å². The van der Waals surface area contributed by atoms with Gasteiger partial charge in [-0.2, -0.15) is 5.26 Å². The van der Waals surface area contributed by atoms with Crippen LogP contribution in [0.3, 0.4) is 0 Å². The Morgan fingerprint density at radius 2 is 2.00 bits per heavy atom. The molecule has 1 aromatic carbocycles. The highest BCUT2D eigenvalue weighted by atomic mass is 16.1. The van der Waals surface area contributed by atoms with Crippen LogP contribution in [0.15, 0.2) is 30.3 Å². The van der Waals surface area contributed by atoms with E-state index in [-0.39, 0.29) is 6.04 Å². The maximum Gasteiger partial charge on any atom is 0.155 e. The fourth-order valence-electron chi connectivity index (χ4n) is 2.73. The number of nitrogens with zero attached hydrogens (tertiary/aromatic N) is 2. The normalized spacial score (nSPS) is 19.5. The van der Waals surface area contributed by atoms with Crippen LogP contribution in [0.2, 0.25) is 0 Å². The summed E-state index contributed by atoms with van der Waals surface area (Å²) in [6.45, 7) is 0.636. The topological polar surface area (TPSA) is 44.1 Å². The number of rotatable bonds is 4. The maximum absolute atomic E-state index is 12.3. The van der Waals surface area contributed by atoms with Crippen LogP contribution >= 0.6 is 0 Å². The Labute approximate surface area is 114 Å². The first kappa shape index (κ1) is 13.6. The summed E-state index contributed by atoms with van der Waals surface area (Å²) in [5.74, 6) is 0.333. The fraction of sp³-hybridized carbons (Fsp3) is 0.500. The number of hydrogen-bond acceptors (Lipinski definition) is 3. The Bertz CT molecular complexity index is 450. The molecule has 0 radical (unpaired) electrons. The SMILES string of the molecule is N#CCCN(c1ccccc1)C1CCCCCC1=O. The number of nitriles is 1. The number of benzene rings is 1. The van der Waals surface area contributed by atoms with Crippen LogP contribution in [0, 0.1) is 11.3 Å². The van der Waals surface area contributed by atoms with Crippen molar-refractivity contribution in [2.75, 3.05) is 11.4 Å². The standard InChI is InChI=1S/C16H20N2O/c17-12-7-13-18(14-8-3-1-4-9-14)15-10-5-2-6-11-16(15)19/h1,3-4,8-9,15H,2,5-7,10-11,13H2. The zero-order valence-electron chi connectivity index (χ0n) is 11.2. The van der Waals surface area contributed by atoms with Gasteiger partial charge in [-0.1, -0.05) is 31.0 Å². The molecular weight excluding hydrogens is 236 g/mol. The van der Waals surface area contributed by atoms with Crippen LogP contribution in [-0.4, -0.2) is 18.4 Å². The minimum Gasteiger partial charge on any atom is -0.360 e. The Hall–Kier alpha value is -1.82. The minimum absolute atomic E-state index is 0.0433. The lowest BCUT2D eigenvalue weighted by Crippen LogP contribution is -2.41. The molecule has 0 N–H and O–H groups in total. The Kier molecular flexibility index (Phi) is 4.97. The number of para-hydroxylation sites is 1. The molecule has 1 saturated carbocycles. The third kappa shape index (κ3) is 3.57. The number of ketones is 1. The quantitative estimate of drug-likeness (QED) is 0.776. The van der Waals surface area contributed by atoms with Crippen molar-refractivity contribution in [2.45, 2.75) is 44.6 Å². The second-order valence-corrected chi connectivity index (χ2v) is 5.02. The van der Waals surface area contributed by atoms with Crippen molar-refractivity contribution in [3.8, 4) is 6.07 Å². The molecule has 100 valence electrons. The van der Waals surface area contributed by atoms with Gasteiger partial charge < -0.3 is 4.90 Å². The number of anilines is 1. The number of hydrogen-bond donors (Lipinski definition) is 0. The van der Waals surface area contributed by atoms with Crippen molar-refractivity contribution < 1.29 is 4.79 Å².